The van der Waals surface area contributed by atoms with E-state index in [-0.39, 0.29) is 0 Å². The van der Waals surface area contributed by atoms with E-state index >= 15 is 0 Å². The SMILES string of the molecule is CCOc1ccc2ccccc2c1CNc1ccc(-c2nc3ccc(C)cc3s2)cc1. The highest BCUT2D eigenvalue weighted by molar-refractivity contribution is 7.21. The number of thiazole rings is 1. The Morgan fingerprint density at radius 1 is 0.935 bits per heavy atom. The molecule has 4 heteroatoms. The fourth-order valence-corrected chi connectivity index (χ4v) is 4.93. The number of hydrogen-bond donors (Lipinski definition) is 1. The Kier molecular flexibility index (Phi) is 5.31. The van der Waals surface area contributed by atoms with E-state index in [1.165, 1.54) is 26.6 Å². The monoisotopic (exact) mass is 424 g/mol. The Morgan fingerprint density at radius 3 is 2.61 bits per heavy atom. The van der Waals surface area contributed by atoms with Crippen molar-refractivity contribution in [3.63, 3.8) is 0 Å². The number of anilines is 1. The van der Waals surface area contributed by atoms with Crippen LogP contribution in [0.5, 0.6) is 5.75 Å². The molecular weight excluding hydrogens is 400 g/mol. The molecule has 1 N–H and O–H groups in total. The van der Waals surface area contributed by atoms with Gasteiger partial charge in [-0.2, -0.15) is 0 Å². The summed E-state index contributed by atoms with van der Waals surface area (Å²) in [5.74, 6) is 0.940. The second-order valence-corrected chi connectivity index (χ2v) is 8.65. The summed E-state index contributed by atoms with van der Waals surface area (Å²) >= 11 is 1.74. The Labute approximate surface area is 186 Å². The first kappa shape index (κ1) is 19.6. The summed E-state index contributed by atoms with van der Waals surface area (Å²) in [5, 5.41) is 7.07. The van der Waals surface area contributed by atoms with E-state index in [9.17, 15) is 0 Å². The molecule has 5 rings (SSSR count). The zero-order valence-corrected chi connectivity index (χ0v) is 18.5. The highest BCUT2D eigenvalue weighted by atomic mass is 32.1. The molecule has 0 aliphatic carbocycles. The number of ether oxygens (including phenoxy) is 1. The Balaban J connectivity index is 1.38. The quantitative estimate of drug-likeness (QED) is 0.308. The molecule has 1 heterocycles. The van der Waals surface area contributed by atoms with Crippen LogP contribution in [0.1, 0.15) is 18.1 Å². The van der Waals surface area contributed by atoms with Crippen LogP contribution in [-0.2, 0) is 6.54 Å². The molecule has 154 valence electrons. The van der Waals surface area contributed by atoms with Crippen molar-refractivity contribution < 1.29 is 4.74 Å². The molecule has 0 saturated carbocycles. The maximum atomic E-state index is 5.90. The van der Waals surface area contributed by atoms with Crippen molar-refractivity contribution >= 4 is 38.0 Å². The lowest BCUT2D eigenvalue weighted by molar-refractivity contribution is 0.337. The number of rotatable bonds is 6. The van der Waals surface area contributed by atoms with Crippen molar-refractivity contribution in [1.82, 2.24) is 4.98 Å². The smallest absolute Gasteiger partial charge is 0.124 e. The Hall–Kier alpha value is -3.37. The van der Waals surface area contributed by atoms with E-state index in [0.717, 1.165) is 27.5 Å². The first-order valence-corrected chi connectivity index (χ1v) is 11.4. The van der Waals surface area contributed by atoms with Gasteiger partial charge < -0.3 is 10.1 Å². The van der Waals surface area contributed by atoms with Gasteiger partial charge in [0.15, 0.2) is 0 Å². The lowest BCUT2D eigenvalue weighted by atomic mass is 10.0. The molecule has 0 radical (unpaired) electrons. The van der Waals surface area contributed by atoms with Crippen molar-refractivity contribution in [2.75, 3.05) is 11.9 Å². The number of hydrogen-bond acceptors (Lipinski definition) is 4. The Bertz CT molecular complexity index is 1360. The van der Waals surface area contributed by atoms with E-state index in [4.69, 9.17) is 9.72 Å². The molecule has 0 bridgehead atoms. The minimum atomic E-state index is 0.654. The number of benzene rings is 4. The molecule has 31 heavy (non-hydrogen) atoms. The lowest BCUT2D eigenvalue weighted by Gasteiger charge is -2.15. The fraction of sp³-hybridized carbons (Fsp3) is 0.148. The van der Waals surface area contributed by atoms with Gasteiger partial charge in [-0.3, -0.25) is 0 Å². The third-order valence-electron chi connectivity index (χ3n) is 5.44. The standard InChI is InChI=1S/C27H24N2OS/c1-3-30-25-15-11-19-6-4-5-7-22(19)23(25)17-28-21-12-9-20(10-13-21)27-29-24-14-8-18(2)16-26(24)31-27/h4-16,28H,3,17H2,1-2H3. The third-order valence-corrected chi connectivity index (χ3v) is 6.51. The van der Waals surface area contributed by atoms with Crippen LogP contribution in [0.2, 0.25) is 0 Å². The fourth-order valence-electron chi connectivity index (χ4n) is 3.87. The van der Waals surface area contributed by atoms with Gasteiger partial charge in [0.1, 0.15) is 10.8 Å². The van der Waals surface area contributed by atoms with Gasteiger partial charge in [-0.25, -0.2) is 4.98 Å². The van der Waals surface area contributed by atoms with Crippen molar-refractivity contribution in [3.05, 3.63) is 90.0 Å². The number of aromatic nitrogens is 1. The molecule has 0 spiro atoms. The zero-order chi connectivity index (χ0) is 21.2. The summed E-state index contributed by atoms with van der Waals surface area (Å²) in [4.78, 5) is 4.80. The van der Waals surface area contributed by atoms with Crippen LogP contribution in [0, 0.1) is 6.92 Å². The van der Waals surface area contributed by atoms with Crippen LogP contribution in [0.25, 0.3) is 31.6 Å². The number of fused-ring (bicyclic) bond motifs is 2. The van der Waals surface area contributed by atoms with E-state index in [1.807, 2.05) is 6.92 Å². The van der Waals surface area contributed by atoms with E-state index in [1.54, 1.807) is 11.3 Å². The van der Waals surface area contributed by atoms with Crippen LogP contribution in [0.4, 0.5) is 5.69 Å². The largest absolute Gasteiger partial charge is 0.494 e. The molecule has 1 aromatic heterocycles. The molecule has 0 atom stereocenters. The topological polar surface area (TPSA) is 34.1 Å². The first-order valence-electron chi connectivity index (χ1n) is 10.6. The second-order valence-electron chi connectivity index (χ2n) is 7.62. The minimum Gasteiger partial charge on any atom is -0.494 e. The highest BCUT2D eigenvalue weighted by Gasteiger charge is 2.10. The molecule has 5 aromatic rings. The molecule has 0 unspecified atom stereocenters. The maximum Gasteiger partial charge on any atom is 0.124 e. The van der Waals surface area contributed by atoms with Gasteiger partial charge in [0, 0.05) is 23.4 Å². The van der Waals surface area contributed by atoms with Gasteiger partial charge in [-0.05, 0) is 72.6 Å². The van der Waals surface area contributed by atoms with E-state index in [2.05, 4.69) is 91.1 Å². The Morgan fingerprint density at radius 2 is 1.77 bits per heavy atom. The van der Waals surface area contributed by atoms with Crippen molar-refractivity contribution in [1.29, 1.82) is 0 Å². The summed E-state index contributed by atoms with van der Waals surface area (Å²) in [5.41, 5.74) is 5.74. The molecule has 4 aromatic carbocycles. The average Bonchev–Trinajstić information content (AvgIpc) is 3.22. The number of aryl methyl sites for hydroxylation is 1. The van der Waals surface area contributed by atoms with Crippen molar-refractivity contribution in [3.8, 4) is 16.3 Å². The predicted octanol–water partition coefficient (Wildman–Crippen LogP) is 7.44. The van der Waals surface area contributed by atoms with Crippen LogP contribution in [0.3, 0.4) is 0 Å². The summed E-state index contributed by atoms with van der Waals surface area (Å²) < 4.78 is 7.13. The van der Waals surface area contributed by atoms with Gasteiger partial charge in [-0.15, -0.1) is 11.3 Å². The van der Waals surface area contributed by atoms with Crippen molar-refractivity contribution in [2.24, 2.45) is 0 Å². The summed E-state index contributed by atoms with van der Waals surface area (Å²) in [6.07, 6.45) is 0. The molecule has 0 aliphatic heterocycles. The zero-order valence-electron chi connectivity index (χ0n) is 17.7. The van der Waals surface area contributed by atoms with Gasteiger partial charge >= 0.3 is 0 Å². The molecule has 0 aliphatic rings. The van der Waals surface area contributed by atoms with E-state index in [0.29, 0.717) is 13.2 Å². The van der Waals surface area contributed by atoms with Gasteiger partial charge in [0.05, 0.1) is 16.8 Å². The number of nitrogens with one attached hydrogen (secondary N) is 1. The molecule has 3 nitrogen and oxygen atoms in total. The highest BCUT2D eigenvalue weighted by Crippen LogP contribution is 2.32. The van der Waals surface area contributed by atoms with Gasteiger partial charge in [0.25, 0.3) is 0 Å². The van der Waals surface area contributed by atoms with Gasteiger partial charge in [0.2, 0.25) is 0 Å². The summed E-state index contributed by atoms with van der Waals surface area (Å²) in [6, 6.07) is 27.6. The summed E-state index contributed by atoms with van der Waals surface area (Å²) in [6.45, 7) is 5.50. The van der Waals surface area contributed by atoms with Crippen LogP contribution < -0.4 is 10.1 Å². The van der Waals surface area contributed by atoms with Gasteiger partial charge in [-0.1, -0.05) is 36.4 Å². The minimum absolute atomic E-state index is 0.654. The van der Waals surface area contributed by atoms with E-state index < -0.39 is 0 Å². The van der Waals surface area contributed by atoms with Crippen LogP contribution in [0.15, 0.2) is 78.9 Å². The average molecular weight is 425 g/mol. The first-order chi connectivity index (χ1) is 15.2. The second kappa shape index (κ2) is 8.40. The lowest BCUT2D eigenvalue weighted by Crippen LogP contribution is -2.04. The third kappa shape index (κ3) is 3.99. The maximum absolute atomic E-state index is 5.90. The van der Waals surface area contributed by atoms with Crippen LogP contribution in [-0.4, -0.2) is 11.6 Å². The molecule has 0 saturated heterocycles. The molecular formula is C27H24N2OS. The molecule has 0 fully saturated rings. The summed E-state index contributed by atoms with van der Waals surface area (Å²) in [7, 11) is 0. The molecule has 0 amide bonds. The van der Waals surface area contributed by atoms with Crippen molar-refractivity contribution in [2.45, 2.75) is 20.4 Å². The number of nitrogens with zero attached hydrogens (tertiary/aromatic N) is 1. The predicted molar refractivity (Wildman–Crippen MR) is 132 cm³/mol. The van der Waals surface area contributed by atoms with Crippen LogP contribution >= 0.6 is 11.3 Å². The normalized spacial score (nSPS) is 11.2.